The van der Waals surface area contributed by atoms with E-state index in [4.69, 9.17) is 4.74 Å². The maximum atomic E-state index is 13.5. The molecule has 25 heavy (non-hydrogen) atoms. The quantitative estimate of drug-likeness (QED) is 0.696. The van der Waals surface area contributed by atoms with E-state index in [2.05, 4.69) is 20.7 Å². The van der Waals surface area contributed by atoms with Crippen LogP contribution < -0.4 is 4.72 Å². The van der Waals surface area contributed by atoms with Crippen molar-refractivity contribution in [1.29, 1.82) is 0 Å². The van der Waals surface area contributed by atoms with Gasteiger partial charge in [-0.25, -0.2) is 17.5 Å². The molecule has 2 rings (SSSR count). The zero-order chi connectivity index (χ0) is 18.7. The van der Waals surface area contributed by atoms with Crippen LogP contribution in [0, 0.1) is 11.2 Å². The smallest absolute Gasteiger partial charge is 0.312 e. The lowest BCUT2D eigenvalue weighted by Crippen LogP contribution is -2.43. The third-order valence-electron chi connectivity index (χ3n) is 4.85. The minimum Gasteiger partial charge on any atom is -0.466 e. The molecule has 1 fully saturated rings. The fourth-order valence-corrected chi connectivity index (χ4v) is 5.01. The Morgan fingerprint density at radius 1 is 1.40 bits per heavy atom. The van der Waals surface area contributed by atoms with E-state index in [0.717, 1.165) is 5.56 Å². The van der Waals surface area contributed by atoms with Crippen LogP contribution in [-0.2, 0) is 26.0 Å². The number of ether oxygens (including phenoxy) is 1. The van der Waals surface area contributed by atoms with Gasteiger partial charge in [-0.05, 0) is 79.7 Å². The minimum absolute atomic E-state index is 0.270. The molecule has 0 spiro atoms. The van der Waals surface area contributed by atoms with Gasteiger partial charge in [0.15, 0.2) is 0 Å². The SMILES string of the molecule is CCOC(=O)C1(Cc2ccc(F)c(Br)c2)CCC(S(=O)(=O)NC)CC1. The molecule has 0 heterocycles. The highest BCUT2D eigenvalue weighted by Gasteiger charge is 2.45. The lowest BCUT2D eigenvalue weighted by atomic mass is 9.70. The highest BCUT2D eigenvalue weighted by atomic mass is 79.9. The lowest BCUT2D eigenvalue weighted by Gasteiger charge is -2.38. The molecule has 5 nitrogen and oxygen atoms in total. The molecule has 1 aromatic carbocycles. The maximum Gasteiger partial charge on any atom is 0.312 e. The predicted octanol–water partition coefficient (Wildman–Crippen LogP) is 3.17. The Balaban J connectivity index is 2.24. The largest absolute Gasteiger partial charge is 0.466 e. The van der Waals surface area contributed by atoms with Crippen molar-refractivity contribution in [2.45, 2.75) is 44.3 Å². The van der Waals surface area contributed by atoms with Gasteiger partial charge in [-0.2, -0.15) is 0 Å². The van der Waals surface area contributed by atoms with Crippen LogP contribution in [0.1, 0.15) is 38.2 Å². The predicted molar refractivity (Wildman–Crippen MR) is 97.1 cm³/mol. The van der Waals surface area contributed by atoms with E-state index >= 15 is 0 Å². The first kappa shape index (κ1) is 20.3. The van der Waals surface area contributed by atoms with Crippen molar-refractivity contribution >= 4 is 31.9 Å². The topological polar surface area (TPSA) is 72.5 Å². The van der Waals surface area contributed by atoms with Gasteiger partial charge in [-0.15, -0.1) is 0 Å². The first-order chi connectivity index (χ1) is 11.7. The van der Waals surface area contributed by atoms with Gasteiger partial charge >= 0.3 is 5.97 Å². The number of halogens is 2. The second kappa shape index (κ2) is 8.14. The molecule has 0 saturated heterocycles. The molecule has 0 bridgehead atoms. The third-order valence-corrected chi connectivity index (χ3v) is 7.37. The van der Waals surface area contributed by atoms with Gasteiger partial charge in [0.05, 0.1) is 21.7 Å². The molecule has 1 saturated carbocycles. The molecular formula is C17H23BrFNO4S. The average Bonchev–Trinajstić information content (AvgIpc) is 2.59. The molecule has 0 atom stereocenters. The molecule has 140 valence electrons. The Morgan fingerprint density at radius 3 is 2.56 bits per heavy atom. The first-order valence-corrected chi connectivity index (χ1v) is 10.6. The van der Waals surface area contributed by atoms with Crippen molar-refractivity contribution in [3.05, 3.63) is 34.1 Å². The van der Waals surface area contributed by atoms with Crippen LogP contribution in [0.25, 0.3) is 0 Å². The number of rotatable bonds is 6. The third kappa shape index (κ3) is 4.60. The van der Waals surface area contributed by atoms with Crippen LogP contribution in [0.5, 0.6) is 0 Å². The van der Waals surface area contributed by atoms with Gasteiger partial charge < -0.3 is 4.74 Å². The molecule has 0 amide bonds. The molecule has 0 unspecified atom stereocenters. The summed E-state index contributed by atoms with van der Waals surface area (Å²) >= 11 is 3.16. The monoisotopic (exact) mass is 435 g/mol. The van der Waals surface area contributed by atoms with Gasteiger partial charge in [0.1, 0.15) is 5.82 Å². The van der Waals surface area contributed by atoms with Crippen molar-refractivity contribution < 1.29 is 22.3 Å². The van der Waals surface area contributed by atoms with Crippen LogP contribution in [0.2, 0.25) is 0 Å². The number of benzene rings is 1. The zero-order valence-corrected chi connectivity index (χ0v) is 16.8. The highest BCUT2D eigenvalue weighted by Crippen LogP contribution is 2.42. The number of esters is 1. The van der Waals surface area contributed by atoms with Crippen LogP contribution in [0.15, 0.2) is 22.7 Å². The van der Waals surface area contributed by atoms with Gasteiger partial charge in [0.25, 0.3) is 0 Å². The van der Waals surface area contributed by atoms with Gasteiger partial charge in [-0.3, -0.25) is 4.79 Å². The number of hydrogen-bond acceptors (Lipinski definition) is 4. The van der Waals surface area contributed by atoms with Crippen molar-refractivity contribution in [1.82, 2.24) is 4.72 Å². The molecule has 1 N–H and O–H groups in total. The number of nitrogens with one attached hydrogen (secondary N) is 1. The summed E-state index contributed by atoms with van der Waals surface area (Å²) in [6.07, 6.45) is 2.03. The summed E-state index contributed by atoms with van der Waals surface area (Å²) < 4.78 is 45.5. The second-order valence-electron chi connectivity index (χ2n) is 6.37. The summed E-state index contributed by atoms with van der Waals surface area (Å²) in [7, 11) is -1.95. The molecule has 1 aliphatic rings. The second-order valence-corrected chi connectivity index (χ2v) is 9.39. The molecule has 0 radical (unpaired) electrons. The Kier molecular flexibility index (Phi) is 6.62. The summed E-state index contributed by atoms with van der Waals surface area (Å²) in [4.78, 5) is 12.6. The van der Waals surface area contributed by atoms with Crippen molar-refractivity contribution in [3.63, 3.8) is 0 Å². The van der Waals surface area contributed by atoms with Crippen LogP contribution in [-0.4, -0.2) is 33.3 Å². The number of carbonyl (C=O) groups is 1. The van der Waals surface area contributed by atoms with E-state index in [0.29, 0.717) is 36.6 Å². The van der Waals surface area contributed by atoms with Crippen molar-refractivity contribution in [2.75, 3.05) is 13.7 Å². The Bertz CT molecular complexity index is 730. The standard InChI is InChI=1S/C17H23BrFNO4S/c1-3-24-16(21)17(11-12-4-5-15(19)14(18)10-12)8-6-13(7-9-17)25(22,23)20-2/h4-5,10,13,20H,3,6-9,11H2,1-2H3. The number of sulfonamides is 1. The van der Waals surface area contributed by atoms with E-state index in [1.807, 2.05) is 0 Å². The Morgan fingerprint density at radius 2 is 2.04 bits per heavy atom. The zero-order valence-electron chi connectivity index (χ0n) is 14.3. The lowest BCUT2D eigenvalue weighted by molar-refractivity contribution is -0.157. The van der Waals surface area contributed by atoms with Gasteiger partial charge in [0, 0.05) is 0 Å². The number of carbonyl (C=O) groups excluding carboxylic acids is 1. The van der Waals surface area contributed by atoms with E-state index in [9.17, 15) is 17.6 Å². The van der Waals surface area contributed by atoms with E-state index in [1.54, 1.807) is 19.1 Å². The van der Waals surface area contributed by atoms with E-state index in [-0.39, 0.29) is 18.4 Å². The molecule has 1 aliphatic carbocycles. The summed E-state index contributed by atoms with van der Waals surface area (Å²) in [6, 6.07) is 4.67. The summed E-state index contributed by atoms with van der Waals surface area (Å²) in [5, 5.41) is -0.500. The summed E-state index contributed by atoms with van der Waals surface area (Å²) in [5.74, 6) is -0.673. The molecule has 0 aromatic heterocycles. The van der Waals surface area contributed by atoms with Gasteiger partial charge in [0.2, 0.25) is 10.0 Å². The first-order valence-electron chi connectivity index (χ1n) is 8.27. The fourth-order valence-electron chi connectivity index (χ4n) is 3.40. The van der Waals surface area contributed by atoms with Crippen LogP contribution in [0.4, 0.5) is 4.39 Å². The molecule has 0 aliphatic heterocycles. The highest BCUT2D eigenvalue weighted by molar-refractivity contribution is 9.10. The summed E-state index contributed by atoms with van der Waals surface area (Å²) in [5.41, 5.74) is 0.0452. The Labute approximate surface area is 156 Å². The molecule has 1 aromatic rings. The van der Waals surface area contributed by atoms with Gasteiger partial charge in [-0.1, -0.05) is 6.07 Å². The maximum absolute atomic E-state index is 13.5. The van der Waals surface area contributed by atoms with Crippen molar-refractivity contribution in [3.8, 4) is 0 Å². The average molecular weight is 436 g/mol. The van der Waals surface area contributed by atoms with Crippen LogP contribution in [0.3, 0.4) is 0 Å². The van der Waals surface area contributed by atoms with Crippen molar-refractivity contribution in [2.24, 2.45) is 5.41 Å². The molecule has 8 heteroatoms. The fraction of sp³-hybridized carbons (Fsp3) is 0.588. The Hall–Kier alpha value is -0.990. The molecular weight excluding hydrogens is 413 g/mol. The van der Waals surface area contributed by atoms with E-state index < -0.39 is 20.7 Å². The minimum atomic E-state index is -3.35. The number of hydrogen-bond donors (Lipinski definition) is 1. The van der Waals surface area contributed by atoms with E-state index in [1.165, 1.54) is 13.1 Å². The summed E-state index contributed by atoms with van der Waals surface area (Å²) in [6.45, 7) is 2.02. The van der Waals surface area contributed by atoms with Crippen LogP contribution >= 0.6 is 15.9 Å². The normalized spacial score (nSPS) is 24.1.